The summed E-state index contributed by atoms with van der Waals surface area (Å²) in [5.74, 6) is 0. The minimum atomic E-state index is 1.03. The highest BCUT2D eigenvalue weighted by Gasteiger charge is 2.06. The van der Waals surface area contributed by atoms with Gasteiger partial charge in [0.1, 0.15) is 0 Å². The fourth-order valence-electron chi connectivity index (χ4n) is 3.98. The van der Waals surface area contributed by atoms with Crippen LogP contribution in [0.4, 0.5) is 0 Å². The van der Waals surface area contributed by atoms with E-state index in [1.165, 1.54) is 33.0 Å². The second-order valence-corrected chi connectivity index (χ2v) is 9.12. The molecular formula is C28H18N2S2. The summed E-state index contributed by atoms with van der Waals surface area (Å²) in [4.78, 5) is 8.79. The van der Waals surface area contributed by atoms with Gasteiger partial charge in [-0.1, -0.05) is 72.8 Å². The van der Waals surface area contributed by atoms with Gasteiger partial charge >= 0.3 is 0 Å². The van der Waals surface area contributed by atoms with Crippen LogP contribution < -0.4 is 0 Å². The third-order valence-electron chi connectivity index (χ3n) is 5.73. The SMILES string of the molecule is c1nc(-c2ccc(-c3ccc4cc(-c5ccc(-c6cscn6)cc5)ccc4c3)cc2)cs1. The quantitative estimate of drug-likeness (QED) is 0.271. The summed E-state index contributed by atoms with van der Waals surface area (Å²) in [5, 5.41) is 6.65. The maximum atomic E-state index is 4.40. The second-order valence-electron chi connectivity index (χ2n) is 7.68. The molecular weight excluding hydrogens is 428 g/mol. The van der Waals surface area contributed by atoms with Gasteiger partial charge in [-0.25, -0.2) is 9.97 Å². The second kappa shape index (κ2) is 8.15. The van der Waals surface area contributed by atoms with E-state index in [2.05, 4.69) is 106 Å². The molecule has 2 aromatic heterocycles. The summed E-state index contributed by atoms with van der Waals surface area (Å²) in [6.45, 7) is 0. The molecule has 0 radical (unpaired) electrons. The molecule has 6 rings (SSSR count). The number of aromatic nitrogens is 2. The molecule has 0 fully saturated rings. The van der Waals surface area contributed by atoms with Crippen molar-refractivity contribution < 1.29 is 0 Å². The number of fused-ring (bicyclic) bond motifs is 1. The summed E-state index contributed by atoms with van der Waals surface area (Å²) in [7, 11) is 0. The maximum absolute atomic E-state index is 4.40. The molecule has 32 heavy (non-hydrogen) atoms. The maximum Gasteiger partial charge on any atom is 0.0811 e. The summed E-state index contributed by atoms with van der Waals surface area (Å²) < 4.78 is 0. The molecule has 0 aliphatic carbocycles. The number of hydrogen-bond donors (Lipinski definition) is 0. The molecule has 0 N–H and O–H groups in total. The minimum Gasteiger partial charge on any atom is -0.245 e. The first-order valence-corrected chi connectivity index (χ1v) is 12.2. The van der Waals surface area contributed by atoms with E-state index in [4.69, 9.17) is 0 Å². The van der Waals surface area contributed by atoms with Crippen LogP contribution in [0.2, 0.25) is 0 Å². The van der Waals surface area contributed by atoms with Crippen molar-refractivity contribution in [2.45, 2.75) is 0 Å². The van der Waals surface area contributed by atoms with Crippen LogP contribution in [0.3, 0.4) is 0 Å². The van der Waals surface area contributed by atoms with E-state index in [1.807, 2.05) is 11.0 Å². The van der Waals surface area contributed by atoms with E-state index < -0.39 is 0 Å². The highest BCUT2D eigenvalue weighted by Crippen LogP contribution is 2.31. The van der Waals surface area contributed by atoms with Crippen LogP contribution in [0.5, 0.6) is 0 Å². The molecule has 2 heterocycles. The lowest BCUT2D eigenvalue weighted by Crippen LogP contribution is -1.83. The Bertz CT molecular complexity index is 1370. The van der Waals surface area contributed by atoms with E-state index in [1.54, 1.807) is 22.7 Å². The number of benzene rings is 4. The van der Waals surface area contributed by atoms with E-state index in [0.717, 1.165) is 22.5 Å². The van der Waals surface area contributed by atoms with Gasteiger partial charge in [-0.2, -0.15) is 0 Å². The Hall–Kier alpha value is -3.60. The monoisotopic (exact) mass is 446 g/mol. The molecule has 0 spiro atoms. The van der Waals surface area contributed by atoms with Crippen LogP contribution in [-0.2, 0) is 0 Å². The number of nitrogens with zero attached hydrogens (tertiary/aromatic N) is 2. The van der Waals surface area contributed by atoms with Crippen LogP contribution >= 0.6 is 22.7 Å². The van der Waals surface area contributed by atoms with Crippen LogP contribution in [0.1, 0.15) is 0 Å². The average Bonchev–Trinajstić information content (AvgIpc) is 3.59. The van der Waals surface area contributed by atoms with Crippen molar-refractivity contribution in [3.63, 3.8) is 0 Å². The molecule has 0 saturated carbocycles. The van der Waals surface area contributed by atoms with E-state index in [0.29, 0.717) is 0 Å². The Morgan fingerprint density at radius 3 is 1.16 bits per heavy atom. The third-order valence-corrected chi connectivity index (χ3v) is 6.91. The first-order chi connectivity index (χ1) is 15.8. The summed E-state index contributed by atoms with van der Waals surface area (Å²) in [6.07, 6.45) is 0. The number of thiazole rings is 2. The van der Waals surface area contributed by atoms with Crippen LogP contribution in [0.25, 0.3) is 55.5 Å². The van der Waals surface area contributed by atoms with Crippen molar-refractivity contribution in [3.05, 3.63) is 107 Å². The molecule has 0 saturated heterocycles. The van der Waals surface area contributed by atoms with Crippen molar-refractivity contribution in [2.24, 2.45) is 0 Å². The molecule has 0 aliphatic rings. The molecule has 4 heteroatoms. The Balaban J connectivity index is 1.29. The van der Waals surface area contributed by atoms with Crippen molar-refractivity contribution in [1.82, 2.24) is 9.97 Å². The highest BCUT2D eigenvalue weighted by molar-refractivity contribution is 7.08. The molecule has 0 unspecified atom stereocenters. The van der Waals surface area contributed by atoms with Crippen molar-refractivity contribution in [3.8, 4) is 44.8 Å². The molecule has 2 nitrogen and oxygen atoms in total. The van der Waals surface area contributed by atoms with Gasteiger partial charge in [0.2, 0.25) is 0 Å². The van der Waals surface area contributed by atoms with Crippen molar-refractivity contribution in [2.75, 3.05) is 0 Å². The summed E-state index contributed by atoms with van der Waals surface area (Å²) >= 11 is 3.24. The van der Waals surface area contributed by atoms with E-state index in [9.17, 15) is 0 Å². The molecule has 0 bridgehead atoms. The number of rotatable bonds is 4. The lowest BCUT2D eigenvalue weighted by molar-refractivity contribution is 1.41. The standard InChI is InChI=1S/C28H18N2S2/c1-5-21(27-15-31-17-29-27)6-2-19(1)23-9-11-26-14-24(10-12-25(26)13-23)20-3-7-22(8-4-20)28-16-32-18-30-28/h1-18H. The average molecular weight is 447 g/mol. The largest absolute Gasteiger partial charge is 0.245 e. The van der Waals surface area contributed by atoms with Crippen LogP contribution in [0.15, 0.2) is 107 Å². The van der Waals surface area contributed by atoms with Gasteiger partial charge in [0.15, 0.2) is 0 Å². The molecule has 6 aromatic rings. The zero-order valence-corrected chi connectivity index (χ0v) is 18.7. The molecule has 152 valence electrons. The zero-order chi connectivity index (χ0) is 21.3. The molecule has 0 amide bonds. The number of hydrogen-bond acceptors (Lipinski definition) is 4. The Morgan fingerprint density at radius 1 is 0.406 bits per heavy atom. The van der Waals surface area contributed by atoms with Crippen LogP contribution in [-0.4, -0.2) is 9.97 Å². The fraction of sp³-hybridized carbons (Fsp3) is 0. The van der Waals surface area contributed by atoms with Crippen LogP contribution in [0, 0.1) is 0 Å². The molecule has 0 atom stereocenters. The van der Waals surface area contributed by atoms with Gasteiger partial charge in [0.05, 0.1) is 22.4 Å². The minimum absolute atomic E-state index is 1.03. The first kappa shape index (κ1) is 19.1. The lowest BCUT2D eigenvalue weighted by atomic mass is 9.96. The third kappa shape index (κ3) is 3.64. The smallest absolute Gasteiger partial charge is 0.0811 e. The summed E-state index contributed by atoms with van der Waals surface area (Å²) in [6, 6.07) is 30.7. The first-order valence-electron chi connectivity index (χ1n) is 10.4. The predicted octanol–water partition coefficient (Wildman–Crippen LogP) is 8.42. The van der Waals surface area contributed by atoms with E-state index >= 15 is 0 Å². The van der Waals surface area contributed by atoms with Gasteiger partial charge in [-0.3, -0.25) is 0 Å². The van der Waals surface area contributed by atoms with Crippen molar-refractivity contribution >= 4 is 33.4 Å². The van der Waals surface area contributed by atoms with Gasteiger partial charge in [-0.15, -0.1) is 22.7 Å². The van der Waals surface area contributed by atoms with Gasteiger partial charge in [0.25, 0.3) is 0 Å². The van der Waals surface area contributed by atoms with Gasteiger partial charge in [0, 0.05) is 21.9 Å². The Morgan fingerprint density at radius 2 is 0.781 bits per heavy atom. The highest BCUT2D eigenvalue weighted by atomic mass is 32.1. The topological polar surface area (TPSA) is 25.8 Å². The fourth-order valence-corrected chi connectivity index (χ4v) is 5.10. The predicted molar refractivity (Wildman–Crippen MR) is 137 cm³/mol. The lowest BCUT2D eigenvalue weighted by Gasteiger charge is -2.08. The molecule has 0 aliphatic heterocycles. The van der Waals surface area contributed by atoms with Gasteiger partial charge < -0.3 is 0 Å². The summed E-state index contributed by atoms with van der Waals surface area (Å²) in [5.41, 5.74) is 13.0. The Kier molecular flexibility index (Phi) is 4.87. The van der Waals surface area contributed by atoms with Gasteiger partial charge in [-0.05, 0) is 45.2 Å². The molecule has 4 aromatic carbocycles. The van der Waals surface area contributed by atoms with Crippen molar-refractivity contribution in [1.29, 1.82) is 0 Å². The normalized spacial score (nSPS) is 11.1. The van der Waals surface area contributed by atoms with E-state index in [-0.39, 0.29) is 0 Å². The zero-order valence-electron chi connectivity index (χ0n) is 17.1. The Labute approximate surface area is 194 Å².